The first-order chi connectivity index (χ1) is 10.9. The maximum atomic E-state index is 12.1. The van der Waals surface area contributed by atoms with Gasteiger partial charge in [-0.15, -0.1) is 0 Å². The van der Waals surface area contributed by atoms with Gasteiger partial charge in [-0.25, -0.2) is 13.1 Å². The molecule has 0 radical (unpaired) electrons. The molecule has 0 unspecified atom stereocenters. The quantitative estimate of drug-likeness (QED) is 0.784. The molecule has 0 fully saturated rings. The summed E-state index contributed by atoms with van der Waals surface area (Å²) in [7, 11) is -0.202. The Kier molecular flexibility index (Phi) is 5.27. The van der Waals surface area contributed by atoms with Crippen LogP contribution in [0, 0.1) is 0 Å². The van der Waals surface area contributed by atoms with E-state index in [1.54, 1.807) is 25.1 Å². The predicted octanol–water partition coefficient (Wildman–Crippen LogP) is 1.03. The normalized spacial score (nSPS) is 11.6. The summed E-state index contributed by atoms with van der Waals surface area (Å²) >= 11 is 0. The Labute approximate surface area is 134 Å². The number of rotatable bonds is 7. The molecule has 0 spiro atoms. The molecule has 2 aromatic rings. The second-order valence-corrected chi connectivity index (χ2v) is 7.06. The van der Waals surface area contributed by atoms with Gasteiger partial charge in [-0.1, -0.05) is 0 Å². The second kappa shape index (κ2) is 7.01. The highest BCUT2D eigenvalue weighted by Crippen LogP contribution is 2.30. The lowest BCUT2D eigenvalue weighted by atomic mass is 10.1. The molecule has 0 bridgehead atoms. The van der Waals surface area contributed by atoms with Crippen molar-refractivity contribution in [1.82, 2.24) is 9.71 Å². The van der Waals surface area contributed by atoms with E-state index >= 15 is 0 Å². The summed E-state index contributed by atoms with van der Waals surface area (Å²) < 4.78 is 35.7. The number of methoxy groups -OCH3 is 2. The largest absolute Gasteiger partial charge is 0.493 e. The van der Waals surface area contributed by atoms with E-state index in [0.717, 1.165) is 5.39 Å². The monoisotopic (exact) mass is 340 g/mol. The third-order valence-electron chi connectivity index (χ3n) is 3.52. The smallest absolute Gasteiger partial charge is 0.251 e. The van der Waals surface area contributed by atoms with Crippen molar-refractivity contribution in [3.05, 3.63) is 34.1 Å². The van der Waals surface area contributed by atoms with Crippen LogP contribution in [-0.2, 0) is 16.4 Å². The van der Waals surface area contributed by atoms with E-state index in [-0.39, 0.29) is 17.9 Å². The van der Waals surface area contributed by atoms with Gasteiger partial charge in [0.15, 0.2) is 11.5 Å². The Hall–Kier alpha value is -2.06. The van der Waals surface area contributed by atoms with E-state index in [4.69, 9.17) is 9.47 Å². The van der Waals surface area contributed by atoms with Gasteiger partial charge in [0.1, 0.15) is 0 Å². The van der Waals surface area contributed by atoms with Gasteiger partial charge in [0.05, 0.1) is 25.5 Å². The van der Waals surface area contributed by atoms with Crippen molar-refractivity contribution >= 4 is 20.9 Å². The molecule has 126 valence electrons. The number of ether oxygens (including phenoxy) is 2. The molecule has 0 amide bonds. The zero-order valence-electron chi connectivity index (χ0n) is 13.3. The lowest BCUT2D eigenvalue weighted by Gasteiger charge is -2.10. The fourth-order valence-corrected chi connectivity index (χ4v) is 2.82. The number of benzene rings is 1. The third kappa shape index (κ3) is 4.02. The molecule has 1 heterocycles. The van der Waals surface area contributed by atoms with E-state index in [9.17, 15) is 13.2 Å². The summed E-state index contributed by atoms with van der Waals surface area (Å²) in [5, 5.41) is 0.788. The minimum Gasteiger partial charge on any atom is -0.493 e. The van der Waals surface area contributed by atoms with Crippen LogP contribution in [0.25, 0.3) is 10.9 Å². The van der Waals surface area contributed by atoms with Gasteiger partial charge in [-0.2, -0.15) is 0 Å². The number of aromatic nitrogens is 1. The van der Waals surface area contributed by atoms with Gasteiger partial charge in [-0.3, -0.25) is 4.79 Å². The fourth-order valence-electron chi connectivity index (χ4n) is 2.21. The number of nitrogens with one attached hydrogen (secondary N) is 2. The highest BCUT2D eigenvalue weighted by atomic mass is 32.2. The highest BCUT2D eigenvalue weighted by Gasteiger charge is 2.10. The summed E-state index contributed by atoms with van der Waals surface area (Å²) in [6.45, 7) is 1.74. The Balaban J connectivity index is 2.31. The summed E-state index contributed by atoms with van der Waals surface area (Å²) in [6.07, 6.45) is 0.304. The van der Waals surface area contributed by atoms with Gasteiger partial charge in [-0.05, 0) is 25.5 Å². The maximum Gasteiger partial charge on any atom is 0.251 e. The Morgan fingerprint density at radius 3 is 2.39 bits per heavy atom. The molecule has 1 aromatic carbocycles. The van der Waals surface area contributed by atoms with Crippen LogP contribution in [0.15, 0.2) is 23.0 Å². The van der Waals surface area contributed by atoms with Gasteiger partial charge < -0.3 is 14.5 Å². The van der Waals surface area contributed by atoms with Crippen LogP contribution in [0.3, 0.4) is 0 Å². The van der Waals surface area contributed by atoms with Crippen LogP contribution >= 0.6 is 0 Å². The molecule has 8 heteroatoms. The van der Waals surface area contributed by atoms with E-state index in [1.165, 1.54) is 14.2 Å². The zero-order valence-corrected chi connectivity index (χ0v) is 14.1. The molecule has 0 saturated heterocycles. The van der Waals surface area contributed by atoms with E-state index in [0.29, 0.717) is 29.0 Å². The van der Waals surface area contributed by atoms with Crippen molar-refractivity contribution in [2.45, 2.75) is 13.3 Å². The van der Waals surface area contributed by atoms with Crippen molar-refractivity contribution in [3.8, 4) is 11.5 Å². The number of aromatic amines is 1. The third-order valence-corrected chi connectivity index (χ3v) is 4.93. The Bertz CT molecular complexity index is 858. The number of H-pyrrole nitrogens is 1. The van der Waals surface area contributed by atoms with Crippen LogP contribution < -0.4 is 19.8 Å². The summed E-state index contributed by atoms with van der Waals surface area (Å²) in [5.74, 6) is 1.10. The Morgan fingerprint density at radius 1 is 1.13 bits per heavy atom. The molecular formula is C15H20N2O5S. The standard InChI is InChI=1S/C15H20N2O5S/c1-4-23(19,20)16-6-5-10-7-11-8-13(21-2)14(22-3)9-12(11)17-15(10)18/h7-9,16H,4-6H2,1-3H3,(H,17,18). The SMILES string of the molecule is CCS(=O)(=O)NCCc1cc2cc(OC)c(OC)cc2[nH]c1=O. The van der Waals surface area contributed by atoms with Gasteiger partial charge in [0.2, 0.25) is 10.0 Å². The molecule has 1 aromatic heterocycles. The number of pyridine rings is 1. The molecule has 0 saturated carbocycles. The van der Waals surface area contributed by atoms with E-state index in [2.05, 4.69) is 9.71 Å². The van der Waals surface area contributed by atoms with Crippen molar-refractivity contribution in [1.29, 1.82) is 0 Å². The maximum absolute atomic E-state index is 12.1. The van der Waals surface area contributed by atoms with Crippen LogP contribution in [-0.4, -0.2) is 39.9 Å². The van der Waals surface area contributed by atoms with Crippen molar-refractivity contribution < 1.29 is 17.9 Å². The van der Waals surface area contributed by atoms with Crippen molar-refractivity contribution in [2.75, 3.05) is 26.5 Å². The minimum absolute atomic E-state index is 0.0120. The average Bonchev–Trinajstić information content (AvgIpc) is 2.54. The summed E-state index contributed by atoms with van der Waals surface area (Å²) in [4.78, 5) is 14.9. The lowest BCUT2D eigenvalue weighted by Crippen LogP contribution is -2.28. The van der Waals surface area contributed by atoms with Crippen molar-refractivity contribution in [3.63, 3.8) is 0 Å². The molecule has 0 atom stereocenters. The van der Waals surface area contributed by atoms with Crippen LogP contribution in [0.4, 0.5) is 0 Å². The molecule has 7 nitrogen and oxygen atoms in total. The van der Waals surface area contributed by atoms with Gasteiger partial charge in [0.25, 0.3) is 5.56 Å². The van der Waals surface area contributed by atoms with Crippen molar-refractivity contribution in [2.24, 2.45) is 0 Å². The molecule has 2 N–H and O–H groups in total. The second-order valence-electron chi connectivity index (χ2n) is 4.97. The fraction of sp³-hybridized carbons (Fsp3) is 0.400. The molecule has 0 aliphatic heterocycles. The van der Waals surface area contributed by atoms with Crippen LogP contribution in [0.5, 0.6) is 11.5 Å². The first kappa shape index (κ1) is 17.3. The minimum atomic E-state index is -3.26. The lowest BCUT2D eigenvalue weighted by molar-refractivity contribution is 0.356. The molecule has 2 rings (SSSR count). The van der Waals surface area contributed by atoms with E-state index < -0.39 is 10.0 Å². The molecular weight excluding hydrogens is 320 g/mol. The molecule has 23 heavy (non-hydrogen) atoms. The first-order valence-electron chi connectivity index (χ1n) is 7.15. The van der Waals surface area contributed by atoms with Crippen LogP contribution in [0.2, 0.25) is 0 Å². The zero-order chi connectivity index (χ0) is 17.0. The topological polar surface area (TPSA) is 97.5 Å². The van der Waals surface area contributed by atoms with E-state index in [1.807, 2.05) is 0 Å². The van der Waals surface area contributed by atoms with Gasteiger partial charge >= 0.3 is 0 Å². The number of hydrogen-bond acceptors (Lipinski definition) is 5. The molecule has 0 aliphatic carbocycles. The van der Waals surface area contributed by atoms with Crippen LogP contribution in [0.1, 0.15) is 12.5 Å². The van der Waals surface area contributed by atoms with Gasteiger partial charge in [0, 0.05) is 23.6 Å². The molecule has 0 aliphatic rings. The number of hydrogen-bond donors (Lipinski definition) is 2. The first-order valence-corrected chi connectivity index (χ1v) is 8.80. The predicted molar refractivity (Wildman–Crippen MR) is 88.8 cm³/mol. The highest BCUT2D eigenvalue weighted by molar-refractivity contribution is 7.89. The number of sulfonamides is 1. The average molecular weight is 340 g/mol. The Morgan fingerprint density at radius 2 is 1.78 bits per heavy atom. The summed E-state index contributed by atoms with van der Waals surface area (Å²) in [6, 6.07) is 5.19. The number of fused-ring (bicyclic) bond motifs is 1. The summed E-state index contributed by atoms with van der Waals surface area (Å²) in [5.41, 5.74) is 0.884.